The van der Waals surface area contributed by atoms with E-state index in [-0.39, 0.29) is 17.7 Å². The first kappa shape index (κ1) is 19.2. The number of hydrogen-bond donors (Lipinski definition) is 1. The van der Waals surface area contributed by atoms with E-state index in [1.54, 1.807) is 6.08 Å². The van der Waals surface area contributed by atoms with Gasteiger partial charge in [0.05, 0.1) is 6.20 Å². The van der Waals surface area contributed by atoms with Crippen LogP contribution in [0.3, 0.4) is 0 Å². The number of nitrogens with one attached hydrogen (secondary N) is 1. The standard InChI is InChI=1S/C17H15F3N2O4/c1-2-3-4-8-14(23)25-12-7-5-6-11(9-12)15(24)22-16-21-10-13(26-16)17(18,19)20/h2,5-7,9-10H,1,3-4,8H2,(H,21,22,24). The summed E-state index contributed by atoms with van der Waals surface area (Å²) < 4.78 is 46.9. The molecule has 0 spiro atoms. The Bertz CT molecular complexity index is 799. The Balaban J connectivity index is 2.00. The summed E-state index contributed by atoms with van der Waals surface area (Å²) in [4.78, 5) is 27.1. The number of carbonyl (C=O) groups excluding carboxylic acids is 2. The lowest BCUT2D eigenvalue weighted by Gasteiger charge is -2.06. The molecule has 0 fully saturated rings. The zero-order chi connectivity index (χ0) is 19.2. The van der Waals surface area contributed by atoms with Crippen molar-refractivity contribution in [2.75, 3.05) is 5.32 Å². The molecule has 2 rings (SSSR count). The van der Waals surface area contributed by atoms with Crippen LogP contribution in [0.25, 0.3) is 0 Å². The first-order valence-electron chi connectivity index (χ1n) is 7.55. The number of aromatic nitrogens is 1. The molecular weight excluding hydrogens is 353 g/mol. The molecule has 0 bridgehead atoms. The van der Waals surface area contributed by atoms with Crippen LogP contribution in [0.15, 0.2) is 47.5 Å². The predicted molar refractivity (Wildman–Crippen MR) is 85.6 cm³/mol. The average molecular weight is 368 g/mol. The van der Waals surface area contributed by atoms with Crippen LogP contribution in [0.2, 0.25) is 0 Å². The zero-order valence-electron chi connectivity index (χ0n) is 13.5. The van der Waals surface area contributed by atoms with Crippen molar-refractivity contribution in [1.82, 2.24) is 4.98 Å². The van der Waals surface area contributed by atoms with Crippen LogP contribution in [-0.2, 0) is 11.0 Å². The number of esters is 1. The summed E-state index contributed by atoms with van der Waals surface area (Å²) in [6.07, 6.45) is -1.08. The van der Waals surface area contributed by atoms with Crippen molar-refractivity contribution in [2.45, 2.75) is 25.4 Å². The normalized spacial score (nSPS) is 11.0. The molecule has 1 amide bonds. The number of ether oxygens (including phenoxy) is 1. The van der Waals surface area contributed by atoms with Crippen molar-refractivity contribution in [3.8, 4) is 5.75 Å². The number of oxazole rings is 1. The van der Waals surface area contributed by atoms with Gasteiger partial charge in [0.2, 0.25) is 5.76 Å². The minimum atomic E-state index is -4.70. The number of amides is 1. The second-order valence-corrected chi connectivity index (χ2v) is 5.16. The molecule has 1 aromatic heterocycles. The molecule has 0 saturated carbocycles. The second-order valence-electron chi connectivity index (χ2n) is 5.16. The van der Waals surface area contributed by atoms with E-state index in [0.717, 1.165) is 0 Å². The van der Waals surface area contributed by atoms with E-state index in [4.69, 9.17) is 4.74 Å². The van der Waals surface area contributed by atoms with Gasteiger partial charge in [-0.05, 0) is 31.0 Å². The van der Waals surface area contributed by atoms with Gasteiger partial charge in [-0.2, -0.15) is 13.2 Å². The summed E-state index contributed by atoms with van der Waals surface area (Å²) in [5.74, 6) is -2.41. The smallest absolute Gasteiger partial charge is 0.427 e. The number of nitrogens with zero attached hydrogens (tertiary/aromatic N) is 1. The van der Waals surface area contributed by atoms with Crippen molar-refractivity contribution in [3.63, 3.8) is 0 Å². The highest BCUT2D eigenvalue weighted by Crippen LogP contribution is 2.30. The highest BCUT2D eigenvalue weighted by Gasteiger charge is 2.35. The van der Waals surface area contributed by atoms with E-state index in [0.29, 0.717) is 19.0 Å². The number of benzene rings is 1. The predicted octanol–water partition coefficient (Wildman–Crippen LogP) is 4.21. The van der Waals surface area contributed by atoms with E-state index in [1.807, 2.05) is 0 Å². The third-order valence-electron chi connectivity index (χ3n) is 3.12. The van der Waals surface area contributed by atoms with Gasteiger partial charge in [0.1, 0.15) is 5.75 Å². The molecule has 0 saturated heterocycles. The molecule has 1 aromatic carbocycles. The Hall–Kier alpha value is -3.10. The lowest BCUT2D eigenvalue weighted by Crippen LogP contribution is -2.13. The second kappa shape index (κ2) is 8.32. The Morgan fingerprint density at radius 2 is 2.12 bits per heavy atom. The highest BCUT2D eigenvalue weighted by molar-refractivity contribution is 6.03. The van der Waals surface area contributed by atoms with Gasteiger partial charge in [-0.1, -0.05) is 12.1 Å². The molecule has 0 aliphatic carbocycles. The van der Waals surface area contributed by atoms with E-state index in [2.05, 4.69) is 21.3 Å². The monoisotopic (exact) mass is 368 g/mol. The molecule has 1 heterocycles. The Morgan fingerprint density at radius 3 is 2.77 bits per heavy atom. The molecule has 26 heavy (non-hydrogen) atoms. The summed E-state index contributed by atoms with van der Waals surface area (Å²) in [7, 11) is 0. The number of carbonyl (C=O) groups is 2. The third-order valence-corrected chi connectivity index (χ3v) is 3.12. The molecule has 9 heteroatoms. The van der Waals surface area contributed by atoms with Crippen molar-refractivity contribution in [2.24, 2.45) is 0 Å². The van der Waals surface area contributed by atoms with E-state index >= 15 is 0 Å². The van der Waals surface area contributed by atoms with Crippen molar-refractivity contribution in [3.05, 3.63) is 54.4 Å². The number of allylic oxidation sites excluding steroid dienone is 1. The maximum Gasteiger partial charge on any atom is 0.451 e. The summed E-state index contributed by atoms with van der Waals surface area (Å²) >= 11 is 0. The first-order valence-corrected chi connectivity index (χ1v) is 7.55. The van der Waals surface area contributed by atoms with Gasteiger partial charge in [-0.15, -0.1) is 6.58 Å². The maximum atomic E-state index is 12.4. The molecule has 0 aliphatic rings. The van der Waals surface area contributed by atoms with Gasteiger partial charge < -0.3 is 9.15 Å². The SMILES string of the molecule is C=CCCCC(=O)Oc1cccc(C(=O)Nc2ncc(C(F)(F)F)o2)c1. The minimum Gasteiger partial charge on any atom is -0.427 e. The lowest BCUT2D eigenvalue weighted by atomic mass is 10.2. The maximum absolute atomic E-state index is 12.4. The molecule has 0 atom stereocenters. The molecule has 0 radical (unpaired) electrons. The third kappa shape index (κ3) is 5.47. The van der Waals surface area contributed by atoms with Gasteiger partial charge in [-0.25, -0.2) is 4.98 Å². The summed E-state index contributed by atoms with van der Waals surface area (Å²) in [5, 5.41) is 2.10. The molecule has 0 unspecified atom stereocenters. The van der Waals surface area contributed by atoms with Crippen LogP contribution < -0.4 is 10.1 Å². The number of rotatable bonds is 7. The van der Waals surface area contributed by atoms with Gasteiger partial charge in [0.25, 0.3) is 5.91 Å². The fourth-order valence-corrected chi connectivity index (χ4v) is 1.91. The first-order chi connectivity index (χ1) is 12.3. The van der Waals surface area contributed by atoms with Gasteiger partial charge in [-0.3, -0.25) is 14.9 Å². The molecular formula is C17H15F3N2O4. The summed E-state index contributed by atoms with van der Waals surface area (Å²) in [6.45, 7) is 3.55. The molecule has 0 aliphatic heterocycles. The molecule has 138 valence electrons. The summed E-state index contributed by atoms with van der Waals surface area (Å²) in [6, 6.07) is 5.05. The van der Waals surface area contributed by atoms with Crippen molar-refractivity contribution < 1.29 is 31.9 Å². The highest BCUT2D eigenvalue weighted by atomic mass is 19.4. The van der Waals surface area contributed by atoms with Crippen LogP contribution in [0, 0.1) is 0 Å². The van der Waals surface area contributed by atoms with Crippen LogP contribution >= 0.6 is 0 Å². The van der Waals surface area contributed by atoms with Crippen molar-refractivity contribution in [1.29, 1.82) is 0 Å². The van der Waals surface area contributed by atoms with Crippen LogP contribution in [-0.4, -0.2) is 16.9 Å². The number of unbranched alkanes of at least 4 members (excludes halogenated alkanes) is 1. The van der Waals surface area contributed by atoms with Crippen LogP contribution in [0.4, 0.5) is 19.2 Å². The fourth-order valence-electron chi connectivity index (χ4n) is 1.91. The number of halogens is 3. The average Bonchev–Trinajstić information content (AvgIpc) is 3.04. The molecule has 2 aromatic rings. The topological polar surface area (TPSA) is 81.4 Å². The van der Waals surface area contributed by atoms with Gasteiger partial charge in [0, 0.05) is 12.0 Å². The fraction of sp³-hybridized carbons (Fsp3) is 0.235. The van der Waals surface area contributed by atoms with E-state index in [9.17, 15) is 22.8 Å². The van der Waals surface area contributed by atoms with Crippen LogP contribution in [0.5, 0.6) is 5.75 Å². The largest absolute Gasteiger partial charge is 0.451 e. The number of hydrogen-bond acceptors (Lipinski definition) is 5. The molecule has 1 N–H and O–H groups in total. The molecule has 6 nitrogen and oxygen atoms in total. The van der Waals surface area contributed by atoms with Crippen molar-refractivity contribution >= 4 is 17.9 Å². The number of alkyl halides is 3. The zero-order valence-corrected chi connectivity index (χ0v) is 13.5. The quantitative estimate of drug-likeness (QED) is 0.343. The number of anilines is 1. The lowest BCUT2D eigenvalue weighted by molar-refractivity contribution is -0.152. The van der Waals surface area contributed by atoms with E-state index < -0.39 is 29.8 Å². The summed E-state index contributed by atoms with van der Waals surface area (Å²) in [5.41, 5.74) is 0.0631. The minimum absolute atomic E-state index is 0.0631. The van der Waals surface area contributed by atoms with Crippen LogP contribution in [0.1, 0.15) is 35.4 Å². The van der Waals surface area contributed by atoms with E-state index in [1.165, 1.54) is 24.3 Å². The Labute approximate surface area is 146 Å². The van der Waals surface area contributed by atoms with Gasteiger partial charge >= 0.3 is 18.2 Å². The Kier molecular flexibility index (Phi) is 6.16. The van der Waals surface area contributed by atoms with Gasteiger partial charge in [0.15, 0.2) is 0 Å². The Morgan fingerprint density at radius 1 is 1.35 bits per heavy atom.